The molecule has 0 aliphatic carbocycles. The maximum Gasteiger partial charge on any atom is 0.0558 e. The van der Waals surface area contributed by atoms with Crippen molar-refractivity contribution < 1.29 is 5.11 Å². The number of nitrogens with one attached hydrogen (secondary N) is 1. The quantitative estimate of drug-likeness (QED) is 0.802. The molecule has 2 rings (SSSR count). The monoisotopic (exact) mass is 311 g/mol. The summed E-state index contributed by atoms with van der Waals surface area (Å²) in [6.45, 7) is 9.25. The SMILES string of the molecule is CCN(CCO)C(CN1CCNCC1)c1ccc(Cl)cc1. The zero-order valence-electron chi connectivity index (χ0n) is 12.8. The molecule has 1 aliphatic heterocycles. The number of hydrogen-bond acceptors (Lipinski definition) is 4. The third-order valence-electron chi connectivity index (χ3n) is 4.13. The largest absolute Gasteiger partial charge is 0.395 e. The van der Waals surface area contributed by atoms with Gasteiger partial charge in [-0.15, -0.1) is 0 Å². The van der Waals surface area contributed by atoms with E-state index in [9.17, 15) is 5.11 Å². The van der Waals surface area contributed by atoms with Crippen molar-refractivity contribution in [2.24, 2.45) is 0 Å². The predicted molar refractivity (Wildman–Crippen MR) is 87.8 cm³/mol. The average molecular weight is 312 g/mol. The Morgan fingerprint density at radius 3 is 2.52 bits per heavy atom. The van der Waals surface area contributed by atoms with Crippen LogP contribution in [0.25, 0.3) is 0 Å². The van der Waals surface area contributed by atoms with Crippen LogP contribution in [-0.2, 0) is 0 Å². The summed E-state index contributed by atoms with van der Waals surface area (Å²) in [5, 5.41) is 13.5. The second kappa shape index (κ2) is 8.71. The fourth-order valence-corrected chi connectivity index (χ4v) is 3.04. The van der Waals surface area contributed by atoms with E-state index in [1.165, 1.54) is 5.56 Å². The molecule has 1 aromatic carbocycles. The minimum absolute atomic E-state index is 0.194. The zero-order chi connectivity index (χ0) is 15.1. The highest BCUT2D eigenvalue weighted by Gasteiger charge is 2.22. The molecule has 0 radical (unpaired) electrons. The normalized spacial score (nSPS) is 18.1. The van der Waals surface area contributed by atoms with Crippen LogP contribution in [0.1, 0.15) is 18.5 Å². The van der Waals surface area contributed by atoms with Gasteiger partial charge in [-0.25, -0.2) is 0 Å². The molecule has 1 unspecified atom stereocenters. The Morgan fingerprint density at radius 2 is 1.95 bits per heavy atom. The van der Waals surface area contributed by atoms with Gasteiger partial charge in [0.1, 0.15) is 0 Å². The van der Waals surface area contributed by atoms with Crippen molar-refractivity contribution in [2.45, 2.75) is 13.0 Å². The van der Waals surface area contributed by atoms with Crippen LogP contribution < -0.4 is 5.32 Å². The van der Waals surface area contributed by atoms with E-state index in [0.717, 1.165) is 44.3 Å². The first-order chi connectivity index (χ1) is 10.2. The zero-order valence-corrected chi connectivity index (χ0v) is 13.5. The van der Waals surface area contributed by atoms with Crippen LogP contribution >= 0.6 is 11.6 Å². The van der Waals surface area contributed by atoms with Gasteiger partial charge in [0.15, 0.2) is 0 Å². The molecule has 1 saturated heterocycles. The molecule has 1 aromatic rings. The highest BCUT2D eigenvalue weighted by Crippen LogP contribution is 2.23. The van der Waals surface area contributed by atoms with Gasteiger partial charge in [0, 0.05) is 50.3 Å². The van der Waals surface area contributed by atoms with Gasteiger partial charge in [0.05, 0.1) is 6.61 Å². The highest BCUT2D eigenvalue weighted by atomic mass is 35.5. The van der Waals surface area contributed by atoms with E-state index >= 15 is 0 Å². The molecule has 1 heterocycles. The van der Waals surface area contributed by atoms with Gasteiger partial charge in [-0.1, -0.05) is 30.7 Å². The molecular formula is C16H26ClN3O. The predicted octanol–water partition coefficient (Wildman–Crippen LogP) is 1.60. The van der Waals surface area contributed by atoms with Crippen molar-refractivity contribution in [3.8, 4) is 0 Å². The number of rotatable bonds is 7. The van der Waals surface area contributed by atoms with Crippen LogP contribution in [0.4, 0.5) is 0 Å². The number of nitrogens with zero attached hydrogens (tertiary/aromatic N) is 2. The van der Waals surface area contributed by atoms with Crippen LogP contribution in [0.15, 0.2) is 24.3 Å². The second-order valence-corrected chi connectivity index (χ2v) is 5.91. The average Bonchev–Trinajstić information content (AvgIpc) is 2.53. The number of benzene rings is 1. The lowest BCUT2D eigenvalue weighted by Gasteiger charge is -2.36. The molecule has 5 heteroatoms. The minimum atomic E-state index is 0.194. The van der Waals surface area contributed by atoms with Crippen molar-refractivity contribution in [2.75, 3.05) is 52.4 Å². The fraction of sp³-hybridized carbons (Fsp3) is 0.625. The Kier molecular flexibility index (Phi) is 6.93. The summed E-state index contributed by atoms with van der Waals surface area (Å²) in [7, 11) is 0. The molecule has 2 N–H and O–H groups in total. The molecule has 0 amide bonds. The van der Waals surface area contributed by atoms with Gasteiger partial charge in [0.2, 0.25) is 0 Å². The van der Waals surface area contributed by atoms with Gasteiger partial charge < -0.3 is 10.4 Å². The van der Waals surface area contributed by atoms with E-state index in [2.05, 4.69) is 34.2 Å². The second-order valence-electron chi connectivity index (χ2n) is 5.47. The Hall–Kier alpha value is -0.650. The molecule has 0 aromatic heterocycles. The first-order valence-electron chi connectivity index (χ1n) is 7.78. The van der Waals surface area contributed by atoms with Crippen molar-refractivity contribution >= 4 is 11.6 Å². The number of piperazine rings is 1. The molecule has 21 heavy (non-hydrogen) atoms. The molecule has 0 bridgehead atoms. The molecule has 4 nitrogen and oxygen atoms in total. The summed E-state index contributed by atoms with van der Waals surface area (Å²) in [5.41, 5.74) is 1.27. The molecule has 118 valence electrons. The maximum absolute atomic E-state index is 9.33. The van der Waals surface area contributed by atoms with Crippen LogP contribution in [-0.4, -0.2) is 67.3 Å². The Morgan fingerprint density at radius 1 is 1.29 bits per heavy atom. The molecule has 1 atom stereocenters. The van der Waals surface area contributed by atoms with E-state index in [4.69, 9.17) is 11.6 Å². The molecular weight excluding hydrogens is 286 g/mol. The number of aliphatic hydroxyl groups excluding tert-OH is 1. The van der Waals surface area contributed by atoms with Crippen LogP contribution in [0.2, 0.25) is 5.02 Å². The van der Waals surface area contributed by atoms with E-state index < -0.39 is 0 Å². The smallest absolute Gasteiger partial charge is 0.0558 e. The summed E-state index contributed by atoms with van der Waals surface area (Å²) in [6, 6.07) is 8.42. The van der Waals surface area contributed by atoms with Crippen molar-refractivity contribution in [1.82, 2.24) is 15.1 Å². The summed E-state index contributed by atoms with van der Waals surface area (Å²) in [6.07, 6.45) is 0. The molecule has 0 spiro atoms. The van der Waals surface area contributed by atoms with E-state index in [1.54, 1.807) is 0 Å². The molecule has 0 saturated carbocycles. The first kappa shape index (κ1) is 16.7. The number of hydrogen-bond donors (Lipinski definition) is 2. The van der Waals surface area contributed by atoms with E-state index in [1.807, 2.05) is 12.1 Å². The van der Waals surface area contributed by atoms with E-state index in [0.29, 0.717) is 12.6 Å². The maximum atomic E-state index is 9.33. The van der Waals surface area contributed by atoms with E-state index in [-0.39, 0.29) is 6.61 Å². The summed E-state index contributed by atoms with van der Waals surface area (Å²) in [4.78, 5) is 4.83. The Balaban J connectivity index is 2.13. The number of halogens is 1. The van der Waals surface area contributed by atoms with Crippen LogP contribution in [0, 0.1) is 0 Å². The van der Waals surface area contributed by atoms with Crippen molar-refractivity contribution in [3.05, 3.63) is 34.9 Å². The van der Waals surface area contributed by atoms with Gasteiger partial charge in [-0.05, 0) is 24.2 Å². The lowest BCUT2D eigenvalue weighted by Crippen LogP contribution is -2.47. The van der Waals surface area contributed by atoms with Gasteiger partial charge in [-0.2, -0.15) is 0 Å². The van der Waals surface area contributed by atoms with Gasteiger partial charge >= 0.3 is 0 Å². The fourth-order valence-electron chi connectivity index (χ4n) is 2.92. The minimum Gasteiger partial charge on any atom is -0.395 e. The third-order valence-corrected chi connectivity index (χ3v) is 4.38. The van der Waals surface area contributed by atoms with Crippen molar-refractivity contribution in [3.63, 3.8) is 0 Å². The molecule has 1 fully saturated rings. The Labute approximate surface area is 132 Å². The van der Waals surface area contributed by atoms with Gasteiger partial charge in [0.25, 0.3) is 0 Å². The summed E-state index contributed by atoms with van der Waals surface area (Å²) >= 11 is 6.01. The van der Waals surface area contributed by atoms with Crippen LogP contribution in [0.5, 0.6) is 0 Å². The summed E-state index contributed by atoms with van der Waals surface area (Å²) < 4.78 is 0. The molecule has 1 aliphatic rings. The van der Waals surface area contributed by atoms with Crippen molar-refractivity contribution in [1.29, 1.82) is 0 Å². The third kappa shape index (κ3) is 4.94. The lowest BCUT2D eigenvalue weighted by molar-refractivity contribution is 0.113. The topological polar surface area (TPSA) is 38.7 Å². The van der Waals surface area contributed by atoms with Gasteiger partial charge in [-0.3, -0.25) is 9.80 Å². The standard InChI is InChI=1S/C16H26ClN3O/c1-2-20(11-12-21)16(13-19-9-7-18-8-10-19)14-3-5-15(17)6-4-14/h3-6,16,18,21H,2,7-13H2,1H3. The highest BCUT2D eigenvalue weighted by molar-refractivity contribution is 6.30. The lowest BCUT2D eigenvalue weighted by atomic mass is 10.0. The number of aliphatic hydroxyl groups is 1. The first-order valence-corrected chi connectivity index (χ1v) is 8.16. The summed E-state index contributed by atoms with van der Waals surface area (Å²) in [5.74, 6) is 0. The number of likely N-dealkylation sites (N-methyl/N-ethyl adjacent to an activating group) is 1. The van der Waals surface area contributed by atoms with Crippen LogP contribution in [0.3, 0.4) is 0 Å². The Bertz CT molecular complexity index is 406.